The van der Waals surface area contributed by atoms with E-state index in [0.717, 1.165) is 4.47 Å². The Bertz CT molecular complexity index is 1140. The second-order valence-corrected chi connectivity index (χ2v) is 7.05. The van der Waals surface area contributed by atoms with Gasteiger partial charge in [-0.05, 0) is 56.2 Å². The van der Waals surface area contributed by atoms with Gasteiger partial charge < -0.3 is 9.84 Å². The Morgan fingerprint density at radius 3 is 2.86 bits per heavy atom. The molecule has 1 heterocycles. The number of halogens is 1. The van der Waals surface area contributed by atoms with Gasteiger partial charge in [0.15, 0.2) is 11.5 Å². The maximum absolute atomic E-state index is 12.8. The Labute approximate surface area is 170 Å². The lowest BCUT2D eigenvalue weighted by molar-refractivity contribution is 0.317. The van der Waals surface area contributed by atoms with Crippen LogP contribution in [0.1, 0.15) is 23.9 Å². The molecule has 1 aromatic heterocycles. The lowest BCUT2D eigenvalue weighted by atomic mass is 10.1. The zero-order valence-corrected chi connectivity index (χ0v) is 17.2. The van der Waals surface area contributed by atoms with E-state index in [1.165, 1.54) is 4.68 Å². The van der Waals surface area contributed by atoms with Crippen molar-refractivity contribution in [1.29, 1.82) is 0 Å². The number of hydrogen-bond acceptors (Lipinski definition) is 5. The van der Waals surface area contributed by atoms with Crippen molar-refractivity contribution in [2.45, 2.75) is 20.3 Å². The number of aryl methyl sites for hydroxylation is 1. The van der Waals surface area contributed by atoms with Gasteiger partial charge in [0.25, 0.3) is 5.56 Å². The number of aromatic nitrogens is 2. The minimum absolute atomic E-state index is 0.0875. The highest BCUT2D eigenvalue weighted by atomic mass is 79.9. The lowest BCUT2D eigenvalue weighted by Gasteiger charge is -2.11. The normalized spacial score (nSPS) is 11.2. The van der Waals surface area contributed by atoms with Crippen LogP contribution in [0.5, 0.6) is 11.5 Å². The number of phenolic OH excluding ortho intramolecular Hbond substituents is 1. The van der Waals surface area contributed by atoms with Gasteiger partial charge in [0.2, 0.25) is 0 Å². The first-order chi connectivity index (χ1) is 13.4. The fourth-order valence-corrected chi connectivity index (χ4v) is 3.22. The molecule has 0 aliphatic carbocycles. The first kappa shape index (κ1) is 19.8. The number of benzene rings is 2. The van der Waals surface area contributed by atoms with Gasteiger partial charge in [0.1, 0.15) is 5.82 Å². The molecule has 0 atom stereocenters. The fraction of sp³-hybridized carbons (Fsp3) is 0.190. The van der Waals surface area contributed by atoms with E-state index in [1.54, 1.807) is 43.5 Å². The molecule has 0 bridgehead atoms. The Balaban J connectivity index is 2.08. The molecule has 28 heavy (non-hydrogen) atoms. The molecular weight excluding hydrogens is 422 g/mol. The van der Waals surface area contributed by atoms with Gasteiger partial charge in [-0.15, -0.1) is 6.58 Å². The number of phenols is 1. The van der Waals surface area contributed by atoms with Crippen molar-refractivity contribution in [3.63, 3.8) is 0 Å². The van der Waals surface area contributed by atoms with E-state index in [9.17, 15) is 9.90 Å². The van der Waals surface area contributed by atoms with E-state index in [0.29, 0.717) is 46.6 Å². The topological polar surface area (TPSA) is 76.7 Å². The lowest BCUT2D eigenvalue weighted by Crippen LogP contribution is -2.20. The molecule has 0 amide bonds. The van der Waals surface area contributed by atoms with E-state index >= 15 is 0 Å². The molecule has 0 fully saturated rings. The van der Waals surface area contributed by atoms with Crippen LogP contribution in [-0.4, -0.2) is 27.6 Å². The molecule has 0 aliphatic rings. The Morgan fingerprint density at radius 2 is 2.14 bits per heavy atom. The second kappa shape index (κ2) is 8.39. The molecule has 0 unspecified atom stereocenters. The molecule has 7 heteroatoms. The molecule has 6 nitrogen and oxygen atoms in total. The van der Waals surface area contributed by atoms with Gasteiger partial charge in [-0.2, -0.15) is 9.78 Å². The zero-order valence-electron chi connectivity index (χ0n) is 15.6. The highest BCUT2D eigenvalue weighted by Gasteiger charge is 2.11. The van der Waals surface area contributed by atoms with Gasteiger partial charge in [-0.25, -0.2) is 4.98 Å². The minimum Gasteiger partial charge on any atom is -0.504 e. The molecule has 3 aromatic rings. The van der Waals surface area contributed by atoms with Crippen LogP contribution in [0.15, 0.2) is 57.4 Å². The maximum Gasteiger partial charge on any atom is 0.282 e. The van der Waals surface area contributed by atoms with Crippen molar-refractivity contribution in [3.05, 3.63) is 74.8 Å². The number of allylic oxidation sites excluding steroid dienone is 1. The standard InChI is InChI=1S/C21H20BrN3O3/c1-4-6-15-9-14(10-19(20(15)26)28-5-2)12-23-25-13(3)24-18-8-7-16(22)11-17(18)21(25)27/h4,7-12,26H,1,5-6H2,2-3H3. The molecule has 3 rings (SSSR count). The molecular formula is C21H20BrN3O3. The van der Waals surface area contributed by atoms with Gasteiger partial charge in [0.05, 0.1) is 23.7 Å². The van der Waals surface area contributed by atoms with Gasteiger partial charge in [0, 0.05) is 10.0 Å². The number of hydrogen-bond donors (Lipinski definition) is 1. The largest absolute Gasteiger partial charge is 0.504 e. The predicted octanol–water partition coefficient (Wildman–Crippen LogP) is 4.18. The summed E-state index contributed by atoms with van der Waals surface area (Å²) in [7, 11) is 0. The Kier molecular flexibility index (Phi) is 5.94. The third kappa shape index (κ3) is 3.99. The molecule has 1 N–H and O–H groups in total. The number of ether oxygens (including phenoxy) is 1. The highest BCUT2D eigenvalue weighted by Crippen LogP contribution is 2.32. The average Bonchev–Trinajstić information content (AvgIpc) is 2.66. The van der Waals surface area contributed by atoms with Crippen molar-refractivity contribution in [3.8, 4) is 11.5 Å². The van der Waals surface area contributed by atoms with E-state index in [2.05, 4.69) is 32.6 Å². The molecule has 2 aromatic carbocycles. The smallest absolute Gasteiger partial charge is 0.282 e. The number of fused-ring (bicyclic) bond motifs is 1. The minimum atomic E-state index is -0.254. The third-order valence-corrected chi connectivity index (χ3v) is 4.63. The van der Waals surface area contributed by atoms with Crippen LogP contribution in [0.25, 0.3) is 10.9 Å². The van der Waals surface area contributed by atoms with Crippen molar-refractivity contribution >= 4 is 33.0 Å². The summed E-state index contributed by atoms with van der Waals surface area (Å²) in [5.74, 6) is 0.934. The number of aromatic hydroxyl groups is 1. The van der Waals surface area contributed by atoms with Crippen molar-refractivity contribution in [2.24, 2.45) is 5.10 Å². The summed E-state index contributed by atoms with van der Waals surface area (Å²) in [6.07, 6.45) is 3.73. The molecule has 0 saturated heterocycles. The van der Waals surface area contributed by atoms with E-state index < -0.39 is 0 Å². The van der Waals surface area contributed by atoms with E-state index in [1.807, 2.05) is 13.0 Å². The van der Waals surface area contributed by atoms with Gasteiger partial charge in [-0.3, -0.25) is 4.79 Å². The molecule has 0 aliphatic heterocycles. The quantitative estimate of drug-likeness (QED) is 0.459. The van der Waals surface area contributed by atoms with Crippen LogP contribution < -0.4 is 10.3 Å². The average molecular weight is 442 g/mol. The maximum atomic E-state index is 12.8. The molecule has 144 valence electrons. The SMILES string of the molecule is C=CCc1cc(C=Nn2c(C)nc3ccc(Br)cc3c2=O)cc(OCC)c1O. The third-order valence-electron chi connectivity index (χ3n) is 4.13. The number of rotatable bonds is 6. The van der Waals surface area contributed by atoms with E-state index in [-0.39, 0.29) is 11.3 Å². The second-order valence-electron chi connectivity index (χ2n) is 6.13. The Morgan fingerprint density at radius 1 is 1.36 bits per heavy atom. The molecule has 0 spiro atoms. The van der Waals surface area contributed by atoms with Crippen LogP contribution in [-0.2, 0) is 6.42 Å². The summed E-state index contributed by atoms with van der Waals surface area (Å²) >= 11 is 3.38. The van der Waals surface area contributed by atoms with Crippen LogP contribution in [0, 0.1) is 6.92 Å². The highest BCUT2D eigenvalue weighted by molar-refractivity contribution is 9.10. The summed E-state index contributed by atoms with van der Waals surface area (Å²) in [6.45, 7) is 7.70. The number of nitrogens with zero attached hydrogens (tertiary/aromatic N) is 3. The summed E-state index contributed by atoms with van der Waals surface area (Å²) in [5, 5.41) is 15.1. The van der Waals surface area contributed by atoms with Gasteiger partial charge >= 0.3 is 0 Å². The predicted molar refractivity (Wildman–Crippen MR) is 115 cm³/mol. The molecule has 0 radical (unpaired) electrons. The van der Waals surface area contributed by atoms with Crippen LogP contribution >= 0.6 is 15.9 Å². The van der Waals surface area contributed by atoms with E-state index in [4.69, 9.17) is 4.74 Å². The first-order valence-corrected chi connectivity index (χ1v) is 9.56. The Hall–Kier alpha value is -2.93. The monoisotopic (exact) mass is 441 g/mol. The molecule has 0 saturated carbocycles. The summed E-state index contributed by atoms with van der Waals surface area (Å²) in [4.78, 5) is 17.3. The summed E-state index contributed by atoms with van der Waals surface area (Å²) in [6, 6.07) is 8.83. The summed E-state index contributed by atoms with van der Waals surface area (Å²) < 4.78 is 7.56. The zero-order chi connectivity index (χ0) is 20.3. The van der Waals surface area contributed by atoms with Crippen LogP contribution in [0.4, 0.5) is 0 Å². The van der Waals surface area contributed by atoms with Crippen molar-refractivity contribution < 1.29 is 9.84 Å². The van der Waals surface area contributed by atoms with Crippen molar-refractivity contribution in [1.82, 2.24) is 9.66 Å². The van der Waals surface area contributed by atoms with Crippen molar-refractivity contribution in [2.75, 3.05) is 6.61 Å². The van der Waals surface area contributed by atoms with Crippen LogP contribution in [0.3, 0.4) is 0 Å². The fourth-order valence-electron chi connectivity index (χ4n) is 2.86. The van der Waals surface area contributed by atoms with Crippen LogP contribution in [0.2, 0.25) is 0 Å². The summed E-state index contributed by atoms with van der Waals surface area (Å²) in [5.41, 5.74) is 1.73. The first-order valence-electron chi connectivity index (χ1n) is 8.77. The van der Waals surface area contributed by atoms with Gasteiger partial charge in [-0.1, -0.05) is 22.0 Å².